The lowest BCUT2D eigenvalue weighted by Gasteiger charge is -2.40. The van der Waals surface area contributed by atoms with Crippen LogP contribution in [-0.2, 0) is 9.53 Å². The summed E-state index contributed by atoms with van der Waals surface area (Å²) >= 11 is 0. The molecule has 6 aliphatic rings. The Kier molecular flexibility index (Phi) is 68.7. The van der Waals surface area contributed by atoms with Crippen molar-refractivity contribution in [3.8, 4) is 6.07 Å². The number of hydrogen-bond acceptors (Lipinski definition) is 14. The maximum absolute atomic E-state index is 10.9. The van der Waals surface area contributed by atoms with Gasteiger partial charge in [0.15, 0.2) is 0 Å². The first-order valence-electron chi connectivity index (χ1n) is 50.6. The van der Waals surface area contributed by atoms with E-state index >= 15 is 0 Å². The molecule has 3 aromatic rings. The molecule has 716 valence electrons. The number of rotatable bonds is 33. The smallest absolute Gasteiger partial charge is 0.320 e. The number of anilines is 3. The molecule has 0 heterocycles. The van der Waals surface area contributed by atoms with E-state index in [4.69, 9.17) is 10.00 Å². The summed E-state index contributed by atoms with van der Waals surface area (Å²) in [4.78, 5) is 37.5. The van der Waals surface area contributed by atoms with Crippen LogP contribution >= 0.6 is 0 Å². The molecule has 14 nitrogen and oxygen atoms in total. The molecule has 0 unspecified atom stereocenters. The van der Waals surface area contributed by atoms with Crippen LogP contribution in [0.25, 0.3) is 0 Å². The highest BCUT2D eigenvalue weighted by molar-refractivity contribution is 5.71. The first-order chi connectivity index (χ1) is 58.0. The predicted molar refractivity (Wildman–Crippen MR) is 549 cm³/mol. The van der Waals surface area contributed by atoms with Gasteiger partial charge in [0.25, 0.3) is 0 Å². The maximum atomic E-state index is 10.9. The minimum atomic E-state index is -0.149. The number of likely N-dealkylation sites (N-methyl/N-ethyl adjacent to an activating group) is 1. The van der Waals surface area contributed by atoms with E-state index in [1.54, 1.807) is 0 Å². The van der Waals surface area contributed by atoms with E-state index in [2.05, 4.69) is 351 Å². The van der Waals surface area contributed by atoms with Gasteiger partial charge in [-0.3, -0.25) is 24.4 Å². The van der Waals surface area contributed by atoms with Crippen molar-refractivity contribution in [2.75, 3.05) is 75.2 Å². The van der Waals surface area contributed by atoms with Gasteiger partial charge in [-0.2, -0.15) is 5.26 Å². The highest BCUT2D eigenvalue weighted by atomic mass is 16.5. The van der Waals surface area contributed by atoms with E-state index in [1.807, 2.05) is 69.3 Å². The number of benzene rings is 3. The molecule has 0 bridgehead atoms. The monoisotopic (exact) mass is 1720 g/mol. The first-order valence-corrected chi connectivity index (χ1v) is 50.6. The summed E-state index contributed by atoms with van der Waals surface area (Å²) in [6.45, 7) is 84.3. The largest absolute Gasteiger partial charge is 0.465 e. The molecule has 3 aromatic carbocycles. The van der Waals surface area contributed by atoms with Crippen molar-refractivity contribution in [2.24, 2.45) is 0 Å². The molecule has 0 N–H and O–H groups in total. The van der Waals surface area contributed by atoms with E-state index in [0.717, 1.165) is 54.0 Å². The van der Waals surface area contributed by atoms with Gasteiger partial charge in [0, 0.05) is 144 Å². The minimum Gasteiger partial charge on any atom is -0.465 e. The normalized spacial score (nSPS) is 15.7. The average Bonchev–Trinajstić information content (AvgIpc) is 1.66. The molecule has 6 fully saturated rings. The second kappa shape index (κ2) is 70.2. The van der Waals surface area contributed by atoms with Crippen molar-refractivity contribution >= 4 is 23.0 Å². The van der Waals surface area contributed by atoms with Crippen LogP contribution in [-0.4, -0.2) is 233 Å². The molecule has 14 heteroatoms. The number of carbonyl (C=O) groups excluding carboxylic acids is 1. The van der Waals surface area contributed by atoms with Crippen molar-refractivity contribution in [1.29, 1.82) is 5.26 Å². The summed E-state index contributed by atoms with van der Waals surface area (Å²) in [7, 11) is 6.30. The summed E-state index contributed by atoms with van der Waals surface area (Å²) in [6, 6.07) is 48.4. The lowest BCUT2D eigenvalue weighted by atomic mass is 9.92. The molecule has 0 saturated heterocycles. The standard InChI is InChI=1S/C15H23N.C12H25N.C12H19N.C11H14N2.C10H19N.C9H17N.C9H19N.C9H21N.C8H17NO2.2C7H17N/c1-13(2)16(14-9-5-3-6-10-14)15-11-7-4-8-12-15;2*1-10(2)13(11(3)4)12-8-6-5-7-9-12;1-10(2)13(9-8-12)11-6-4-3-5-7-11;1-4-11(9(2)3)10-7-5-6-8-10;1-7(2)10(8-3-4-8)9-5-6-9;1-8(2)10(3)9-6-4-5-7-9;1-6-7-10(8(2)3)9(4)5;1-5-11-8(10)6-9(4)7(2)3;1-6(2)8(5)7(3)4;1-5-8(6-2)7(3)4/h3,5-6,9-10,13,15H,4,7-8,11-12H2,1-2H3;10-12H,5-9H2,1-4H3;5-11H,1-4H3;3-7,10H,9H2,1-2H3;4,9-10H,1,5-8H2,2-3H3;7-9H,3-6H2,1-2H3;8-9H,4-7H2,1-3H3;8-9H,6-7H2,1-5H3;7H,5-6H2,1-4H3;6-7H,1-5H3;7H,5-6H2,1-4H3. The molecule has 0 aromatic heterocycles. The highest BCUT2D eigenvalue weighted by Crippen LogP contribution is 2.39. The molecule has 123 heavy (non-hydrogen) atoms. The van der Waals surface area contributed by atoms with Crippen LogP contribution in [0, 0.1) is 11.3 Å². The number of carbonyl (C=O) groups is 1. The fourth-order valence-corrected chi connectivity index (χ4v) is 17.9. The molecule has 0 amide bonds. The summed E-state index contributed by atoms with van der Waals surface area (Å²) in [5.74, 6) is -0.149. The molecule has 6 aliphatic carbocycles. The number of esters is 1. The van der Waals surface area contributed by atoms with Crippen LogP contribution in [0.3, 0.4) is 0 Å². The molecule has 0 spiro atoms. The molecular formula is C109H208N12O2. The van der Waals surface area contributed by atoms with Gasteiger partial charge in [0.2, 0.25) is 0 Å². The summed E-state index contributed by atoms with van der Waals surface area (Å²) < 4.78 is 4.78. The predicted octanol–water partition coefficient (Wildman–Crippen LogP) is 27.4. The third-order valence-electron chi connectivity index (χ3n) is 25.2. The number of nitrogens with zero attached hydrogens (tertiary/aromatic N) is 12. The van der Waals surface area contributed by atoms with E-state index in [-0.39, 0.29) is 5.97 Å². The zero-order valence-corrected chi connectivity index (χ0v) is 88.3. The number of para-hydroxylation sites is 3. The van der Waals surface area contributed by atoms with Gasteiger partial charge in [-0.05, 0) is 381 Å². The van der Waals surface area contributed by atoms with Gasteiger partial charge in [-0.25, -0.2) is 0 Å². The first kappa shape index (κ1) is 120. The van der Waals surface area contributed by atoms with Gasteiger partial charge in [0.05, 0.1) is 19.2 Å². The van der Waals surface area contributed by atoms with Crippen molar-refractivity contribution < 1.29 is 9.53 Å². The third kappa shape index (κ3) is 53.8. The molecule has 9 rings (SSSR count). The Morgan fingerprint density at radius 1 is 0.398 bits per heavy atom. The molecule has 0 aliphatic heterocycles. The summed E-state index contributed by atoms with van der Waals surface area (Å²) in [5.41, 5.74) is 3.82. The molecular weight excluding hydrogens is 1510 g/mol. The zero-order valence-electron chi connectivity index (χ0n) is 88.3. The molecule has 6 saturated carbocycles. The molecule has 0 atom stereocenters. The number of hydrogen-bond donors (Lipinski definition) is 0. The lowest BCUT2D eigenvalue weighted by Crippen LogP contribution is -2.45. The second-order valence-corrected chi connectivity index (χ2v) is 40.0. The van der Waals surface area contributed by atoms with Gasteiger partial charge in [-0.15, -0.1) is 0 Å². The van der Waals surface area contributed by atoms with Crippen LogP contribution in [0.1, 0.15) is 383 Å². The Balaban J connectivity index is 0. The topological polar surface area (TPSA) is 85.7 Å². The van der Waals surface area contributed by atoms with Crippen LogP contribution in [0.5, 0.6) is 0 Å². The maximum Gasteiger partial charge on any atom is 0.320 e. The van der Waals surface area contributed by atoms with E-state index < -0.39 is 0 Å². The van der Waals surface area contributed by atoms with Crippen LogP contribution in [0.15, 0.2) is 104 Å². The summed E-state index contributed by atoms with van der Waals surface area (Å²) in [6.07, 6.45) is 34.6. The Morgan fingerprint density at radius 2 is 0.780 bits per heavy atom. The number of ether oxygens (including phenoxy) is 1. The Labute approximate surface area is 767 Å². The van der Waals surface area contributed by atoms with Crippen LogP contribution in [0.2, 0.25) is 0 Å². The van der Waals surface area contributed by atoms with Crippen molar-refractivity contribution in [1.82, 2.24) is 39.2 Å². The SMILES string of the molecule is C=CN(C(C)C)C1CCCC1.CC(C)N(C(C)C)C1CCCCC1.CC(C)N(C)C(C)C.CC(C)N(C)C1CCCC1.CC(C)N(C1CC1)C1CC1.CC(C)N(CC#N)c1ccccc1.CC(C)N(c1ccccc1)C(C)C.CC(C)N(c1ccccc1)C1CCCCC1.CCCN(C(C)C)C(C)C.CCN(CC)C(C)C.CCOC(=O)CN(C)C(C)C. The van der Waals surface area contributed by atoms with Gasteiger partial charge >= 0.3 is 5.97 Å². The number of nitriles is 1. The van der Waals surface area contributed by atoms with Crippen molar-refractivity contribution in [3.05, 3.63) is 104 Å². The Bertz CT molecular complexity index is 2860. The van der Waals surface area contributed by atoms with E-state index in [0.29, 0.717) is 98.2 Å². The Morgan fingerprint density at radius 3 is 1.05 bits per heavy atom. The fraction of sp³-hybridized carbons (Fsp3) is 0.798. The van der Waals surface area contributed by atoms with Crippen LogP contribution < -0.4 is 14.7 Å². The van der Waals surface area contributed by atoms with Gasteiger partial charge in [0.1, 0.15) is 6.54 Å². The highest BCUT2D eigenvalue weighted by Gasteiger charge is 2.40. The quantitative estimate of drug-likeness (QED) is 0.0428. The Hall–Kier alpha value is -4.72. The van der Waals surface area contributed by atoms with Gasteiger partial charge in [-0.1, -0.05) is 146 Å². The lowest BCUT2D eigenvalue weighted by molar-refractivity contribution is -0.144. The average molecular weight is 1720 g/mol. The molecule has 0 radical (unpaired) electrons. The zero-order chi connectivity index (χ0) is 94.0. The van der Waals surface area contributed by atoms with E-state index in [9.17, 15) is 4.79 Å². The second-order valence-electron chi connectivity index (χ2n) is 40.0. The summed E-state index contributed by atoms with van der Waals surface area (Å²) in [5, 5.41) is 8.66. The van der Waals surface area contributed by atoms with Gasteiger partial charge < -0.3 is 39.0 Å². The third-order valence-corrected chi connectivity index (χ3v) is 25.2. The minimum absolute atomic E-state index is 0.149. The van der Waals surface area contributed by atoms with E-state index in [1.165, 1.54) is 179 Å². The van der Waals surface area contributed by atoms with Crippen LogP contribution in [0.4, 0.5) is 17.1 Å². The van der Waals surface area contributed by atoms with Crippen molar-refractivity contribution in [3.63, 3.8) is 0 Å². The van der Waals surface area contributed by atoms with Crippen molar-refractivity contribution in [2.45, 2.75) is 510 Å². The fourth-order valence-electron chi connectivity index (χ4n) is 17.9.